The van der Waals surface area contributed by atoms with E-state index in [4.69, 9.17) is 0 Å². The number of hydrogen-bond donors (Lipinski definition) is 1. The standard InChI is InChI=1S/C24H21F5N4O2/c1-32-12-30-31-21(32)20(15-8-23(25,26)9-15)14-3-2-4-16(7-14)33-10-18-17(22(33)35)5-13(11-34)6-19(18)24(27,28)29/h2-7,12,15,20,34H,8-11H2,1H3. The Morgan fingerprint density at radius 3 is 2.54 bits per heavy atom. The molecule has 0 spiro atoms. The maximum Gasteiger partial charge on any atom is 0.416 e. The Labute approximate surface area is 197 Å². The van der Waals surface area contributed by atoms with Crippen LogP contribution >= 0.6 is 0 Å². The maximum atomic E-state index is 13.7. The Hall–Kier alpha value is -3.34. The largest absolute Gasteiger partial charge is 0.416 e. The van der Waals surface area contributed by atoms with Gasteiger partial charge in [0.05, 0.1) is 18.7 Å². The minimum Gasteiger partial charge on any atom is -0.392 e. The Kier molecular flexibility index (Phi) is 5.42. The molecule has 2 aliphatic rings. The van der Waals surface area contributed by atoms with Gasteiger partial charge in [0.2, 0.25) is 5.92 Å². The van der Waals surface area contributed by atoms with E-state index in [0.717, 1.165) is 6.07 Å². The van der Waals surface area contributed by atoms with Crippen LogP contribution in [0.1, 0.15) is 57.2 Å². The van der Waals surface area contributed by atoms with E-state index in [0.29, 0.717) is 17.1 Å². The first-order valence-electron chi connectivity index (χ1n) is 11.0. The van der Waals surface area contributed by atoms with Crippen molar-refractivity contribution in [2.24, 2.45) is 13.0 Å². The smallest absolute Gasteiger partial charge is 0.392 e. The van der Waals surface area contributed by atoms with Crippen LogP contribution in [0, 0.1) is 5.92 Å². The second-order valence-corrected chi connectivity index (χ2v) is 9.11. The average Bonchev–Trinajstić information content (AvgIpc) is 3.35. The summed E-state index contributed by atoms with van der Waals surface area (Å²) in [7, 11) is 1.71. The number of aliphatic hydroxyl groups is 1. The van der Waals surface area contributed by atoms with Crippen molar-refractivity contribution in [1.29, 1.82) is 0 Å². The second kappa shape index (κ2) is 8.11. The molecule has 3 aromatic rings. The highest BCUT2D eigenvalue weighted by atomic mass is 19.4. The van der Waals surface area contributed by atoms with Gasteiger partial charge in [-0.2, -0.15) is 13.2 Å². The van der Waals surface area contributed by atoms with Gasteiger partial charge in [-0.1, -0.05) is 12.1 Å². The number of aromatic nitrogens is 3. The van der Waals surface area contributed by atoms with Crippen LogP contribution in [0.2, 0.25) is 0 Å². The topological polar surface area (TPSA) is 71.2 Å². The summed E-state index contributed by atoms with van der Waals surface area (Å²) in [5.74, 6) is -3.81. The fourth-order valence-electron chi connectivity index (χ4n) is 5.06. The van der Waals surface area contributed by atoms with Crippen LogP contribution in [-0.2, 0) is 26.4 Å². The summed E-state index contributed by atoms with van der Waals surface area (Å²) in [5, 5.41) is 17.4. The molecule has 1 saturated carbocycles. The molecule has 0 saturated heterocycles. The number of benzene rings is 2. The Bertz CT molecular complexity index is 1300. The van der Waals surface area contributed by atoms with Crippen LogP contribution < -0.4 is 4.90 Å². The van der Waals surface area contributed by atoms with Crippen molar-refractivity contribution in [3.63, 3.8) is 0 Å². The summed E-state index contributed by atoms with van der Waals surface area (Å²) >= 11 is 0. The summed E-state index contributed by atoms with van der Waals surface area (Å²) in [6.45, 7) is -0.932. The minimum absolute atomic E-state index is 0.00622. The Morgan fingerprint density at radius 1 is 1.20 bits per heavy atom. The van der Waals surface area contributed by atoms with Crippen LogP contribution in [0.25, 0.3) is 0 Å². The lowest BCUT2D eigenvalue weighted by molar-refractivity contribution is -0.138. The summed E-state index contributed by atoms with van der Waals surface area (Å²) in [5.41, 5.74) is -0.269. The lowest BCUT2D eigenvalue weighted by Gasteiger charge is -2.40. The van der Waals surface area contributed by atoms with E-state index in [1.54, 1.807) is 35.9 Å². The summed E-state index contributed by atoms with van der Waals surface area (Å²) in [6, 6.07) is 8.74. The zero-order chi connectivity index (χ0) is 25.1. The van der Waals surface area contributed by atoms with Gasteiger partial charge in [-0.25, -0.2) is 8.78 Å². The van der Waals surface area contributed by atoms with Crippen molar-refractivity contribution >= 4 is 11.6 Å². The van der Waals surface area contributed by atoms with E-state index in [1.165, 1.54) is 17.3 Å². The fraction of sp³-hybridized carbons (Fsp3) is 0.375. The molecule has 0 bridgehead atoms. The van der Waals surface area contributed by atoms with Gasteiger partial charge in [0.1, 0.15) is 12.2 Å². The molecule has 11 heteroatoms. The van der Waals surface area contributed by atoms with Crippen LogP contribution in [0.3, 0.4) is 0 Å². The summed E-state index contributed by atoms with van der Waals surface area (Å²) in [6.07, 6.45) is -3.86. The van der Waals surface area contributed by atoms with Gasteiger partial charge >= 0.3 is 6.18 Å². The van der Waals surface area contributed by atoms with Crippen LogP contribution in [-0.4, -0.2) is 31.7 Å². The first-order valence-corrected chi connectivity index (χ1v) is 11.0. The third-order valence-electron chi connectivity index (χ3n) is 6.75. The minimum atomic E-state index is -4.70. The summed E-state index contributed by atoms with van der Waals surface area (Å²) < 4.78 is 70.2. The predicted molar refractivity (Wildman–Crippen MR) is 115 cm³/mol. The molecule has 2 heterocycles. The van der Waals surface area contributed by atoms with Crippen molar-refractivity contribution in [2.75, 3.05) is 4.90 Å². The molecule has 184 valence electrons. The van der Waals surface area contributed by atoms with E-state index in [-0.39, 0.29) is 36.1 Å². The SMILES string of the molecule is Cn1cnnc1C(c1cccc(N2Cc3c(cc(CO)cc3C(F)(F)F)C2=O)c1)C1CC(F)(F)C1. The number of halogens is 5. The number of amides is 1. The highest BCUT2D eigenvalue weighted by Gasteiger charge is 2.50. The number of alkyl halides is 5. The molecule has 2 aromatic carbocycles. The number of hydrogen-bond acceptors (Lipinski definition) is 4. The lowest BCUT2D eigenvalue weighted by Crippen LogP contribution is -2.39. The number of carbonyl (C=O) groups is 1. The van der Waals surface area contributed by atoms with Crippen molar-refractivity contribution in [3.05, 3.63) is 76.4 Å². The van der Waals surface area contributed by atoms with Gasteiger partial charge in [0.15, 0.2) is 0 Å². The molecule has 1 N–H and O–H groups in total. The number of fused-ring (bicyclic) bond motifs is 1. The van der Waals surface area contributed by atoms with E-state index < -0.39 is 42.0 Å². The molecule has 1 atom stereocenters. The molecule has 1 fully saturated rings. The molecular formula is C24H21F5N4O2. The predicted octanol–water partition coefficient (Wildman–Crippen LogP) is 4.66. The summed E-state index contributed by atoms with van der Waals surface area (Å²) in [4.78, 5) is 14.4. The van der Waals surface area contributed by atoms with Crippen molar-refractivity contribution in [2.45, 2.75) is 44.0 Å². The lowest BCUT2D eigenvalue weighted by atomic mass is 9.70. The van der Waals surface area contributed by atoms with Crippen LogP contribution in [0.15, 0.2) is 42.7 Å². The molecule has 35 heavy (non-hydrogen) atoms. The van der Waals surface area contributed by atoms with Gasteiger partial charge in [0, 0.05) is 37.1 Å². The number of carbonyl (C=O) groups excluding carboxylic acids is 1. The first-order chi connectivity index (χ1) is 16.5. The molecule has 1 aliphatic carbocycles. The van der Waals surface area contributed by atoms with Gasteiger partial charge in [-0.15, -0.1) is 10.2 Å². The fourth-order valence-corrected chi connectivity index (χ4v) is 5.06. The molecule has 6 nitrogen and oxygen atoms in total. The van der Waals surface area contributed by atoms with E-state index in [2.05, 4.69) is 10.2 Å². The Balaban J connectivity index is 1.53. The van der Waals surface area contributed by atoms with Gasteiger partial charge < -0.3 is 14.6 Å². The number of aryl methyl sites for hydroxylation is 1. The number of aliphatic hydroxyl groups excluding tert-OH is 1. The first kappa shape index (κ1) is 23.4. The van der Waals surface area contributed by atoms with Gasteiger partial charge in [-0.3, -0.25) is 4.79 Å². The van der Waals surface area contributed by atoms with E-state index >= 15 is 0 Å². The maximum absolute atomic E-state index is 13.7. The molecular weight excluding hydrogens is 471 g/mol. The zero-order valence-corrected chi connectivity index (χ0v) is 18.6. The molecule has 1 aromatic heterocycles. The third kappa shape index (κ3) is 4.07. The molecule has 0 radical (unpaired) electrons. The molecule has 1 aliphatic heterocycles. The van der Waals surface area contributed by atoms with Crippen molar-refractivity contribution in [1.82, 2.24) is 14.8 Å². The molecule has 1 amide bonds. The number of rotatable bonds is 5. The van der Waals surface area contributed by atoms with Crippen molar-refractivity contribution < 1.29 is 31.9 Å². The van der Waals surface area contributed by atoms with Gasteiger partial charge in [0.25, 0.3) is 5.91 Å². The van der Waals surface area contributed by atoms with E-state index in [1.807, 2.05) is 0 Å². The highest BCUT2D eigenvalue weighted by molar-refractivity contribution is 6.10. The third-order valence-corrected chi connectivity index (χ3v) is 6.75. The quantitative estimate of drug-likeness (QED) is 0.526. The van der Waals surface area contributed by atoms with Gasteiger partial charge in [-0.05, 0) is 46.9 Å². The number of nitrogens with zero attached hydrogens (tertiary/aromatic N) is 4. The normalized spacial score (nSPS) is 18.5. The monoisotopic (exact) mass is 492 g/mol. The zero-order valence-electron chi connectivity index (χ0n) is 18.6. The Morgan fingerprint density at radius 2 is 1.94 bits per heavy atom. The van der Waals surface area contributed by atoms with Crippen LogP contribution in [0.4, 0.5) is 27.6 Å². The van der Waals surface area contributed by atoms with Crippen LogP contribution in [0.5, 0.6) is 0 Å². The van der Waals surface area contributed by atoms with E-state index in [9.17, 15) is 31.9 Å². The van der Waals surface area contributed by atoms with Crippen molar-refractivity contribution in [3.8, 4) is 0 Å². The number of anilines is 1. The average molecular weight is 492 g/mol. The molecule has 1 unspecified atom stereocenters. The second-order valence-electron chi connectivity index (χ2n) is 9.11. The highest BCUT2D eigenvalue weighted by Crippen LogP contribution is 2.51. The molecule has 5 rings (SSSR count).